The molecule has 0 amide bonds. The summed E-state index contributed by atoms with van der Waals surface area (Å²) in [4.78, 5) is 1.61. The molecule has 0 bridgehead atoms. The van der Waals surface area contributed by atoms with Gasteiger partial charge in [-0.3, -0.25) is 0 Å². The molecule has 0 saturated carbocycles. The molecule has 1 atom stereocenters. The normalized spacial score (nSPS) is 12.9. The zero-order chi connectivity index (χ0) is 13.9. The zero-order valence-corrected chi connectivity index (χ0v) is 11.6. The van der Waals surface area contributed by atoms with Crippen LogP contribution in [0.3, 0.4) is 0 Å². The van der Waals surface area contributed by atoms with Crippen molar-refractivity contribution in [1.82, 2.24) is 25.5 Å². The molecule has 0 radical (unpaired) electrons. The average molecular weight is 271 g/mol. The maximum Gasteiger partial charge on any atom is 0.171 e. The Bertz CT molecular complexity index is 669. The van der Waals surface area contributed by atoms with Crippen LogP contribution in [0.2, 0.25) is 0 Å². The number of rotatable bonds is 5. The second kappa shape index (κ2) is 5.42. The average Bonchev–Trinajstić information content (AvgIpc) is 3.05. The van der Waals surface area contributed by atoms with E-state index in [1.165, 1.54) is 0 Å². The van der Waals surface area contributed by atoms with Crippen LogP contribution in [0.15, 0.2) is 34.7 Å². The van der Waals surface area contributed by atoms with Crippen LogP contribution in [0.4, 0.5) is 0 Å². The highest BCUT2D eigenvalue weighted by atomic mass is 16.3. The molecule has 6 heteroatoms. The van der Waals surface area contributed by atoms with Gasteiger partial charge in [-0.1, -0.05) is 18.2 Å². The largest absolute Gasteiger partial charge is 0.459 e. The monoisotopic (exact) mass is 271 g/mol. The molecule has 0 fully saturated rings. The topological polar surface area (TPSA) is 68.8 Å². The predicted octanol–water partition coefficient (Wildman–Crippen LogP) is 2.08. The van der Waals surface area contributed by atoms with Crippen LogP contribution in [0.25, 0.3) is 11.0 Å². The highest BCUT2D eigenvalue weighted by Gasteiger charge is 2.15. The van der Waals surface area contributed by atoms with Crippen molar-refractivity contribution in [2.75, 3.05) is 7.05 Å². The summed E-state index contributed by atoms with van der Waals surface area (Å²) in [5.74, 6) is 1.63. The third-order valence-corrected chi connectivity index (χ3v) is 3.31. The van der Waals surface area contributed by atoms with E-state index < -0.39 is 0 Å². The van der Waals surface area contributed by atoms with Crippen LogP contribution in [0.5, 0.6) is 0 Å². The number of benzene rings is 1. The Labute approximate surface area is 116 Å². The minimum Gasteiger partial charge on any atom is -0.459 e. The van der Waals surface area contributed by atoms with Crippen LogP contribution >= 0.6 is 0 Å². The predicted molar refractivity (Wildman–Crippen MR) is 75.2 cm³/mol. The Morgan fingerprint density at radius 2 is 2.20 bits per heavy atom. The minimum atomic E-state index is 0.133. The molecule has 104 valence electrons. The van der Waals surface area contributed by atoms with E-state index in [9.17, 15) is 0 Å². The number of tetrazole rings is 1. The van der Waals surface area contributed by atoms with E-state index in [0.717, 1.165) is 23.2 Å². The van der Waals surface area contributed by atoms with Gasteiger partial charge in [-0.15, -0.1) is 10.2 Å². The smallest absolute Gasteiger partial charge is 0.171 e. The van der Waals surface area contributed by atoms with E-state index in [0.29, 0.717) is 12.4 Å². The number of nitrogens with one attached hydrogen (secondary N) is 1. The Hall–Kier alpha value is -2.21. The molecule has 0 saturated heterocycles. The number of para-hydroxylation sites is 1. The van der Waals surface area contributed by atoms with Gasteiger partial charge in [0.2, 0.25) is 0 Å². The molecule has 2 heterocycles. The van der Waals surface area contributed by atoms with Crippen molar-refractivity contribution in [3.05, 3.63) is 41.9 Å². The van der Waals surface area contributed by atoms with Gasteiger partial charge in [0.25, 0.3) is 0 Å². The molecule has 2 aromatic heterocycles. The summed E-state index contributed by atoms with van der Waals surface area (Å²) in [5, 5.41) is 16.4. The lowest BCUT2D eigenvalue weighted by atomic mass is 10.1. The molecular weight excluding hydrogens is 254 g/mol. The number of fused-ring (bicyclic) bond motifs is 1. The van der Waals surface area contributed by atoms with Crippen molar-refractivity contribution in [2.24, 2.45) is 0 Å². The van der Waals surface area contributed by atoms with Crippen LogP contribution in [0, 0.1) is 6.92 Å². The van der Waals surface area contributed by atoms with Gasteiger partial charge >= 0.3 is 0 Å². The molecular formula is C14H17N5O. The van der Waals surface area contributed by atoms with Crippen LogP contribution in [0.1, 0.15) is 24.0 Å². The van der Waals surface area contributed by atoms with Crippen molar-refractivity contribution in [2.45, 2.75) is 25.9 Å². The second-order valence-electron chi connectivity index (χ2n) is 4.75. The van der Waals surface area contributed by atoms with Crippen molar-refractivity contribution < 1.29 is 4.42 Å². The van der Waals surface area contributed by atoms with E-state index >= 15 is 0 Å². The van der Waals surface area contributed by atoms with Crippen LogP contribution in [-0.2, 0) is 6.54 Å². The molecule has 20 heavy (non-hydrogen) atoms. The first kappa shape index (κ1) is 12.8. The van der Waals surface area contributed by atoms with E-state index in [2.05, 4.69) is 32.9 Å². The van der Waals surface area contributed by atoms with E-state index in [1.54, 1.807) is 4.80 Å². The minimum absolute atomic E-state index is 0.133. The molecule has 0 aliphatic rings. The molecule has 3 rings (SSSR count). The number of hydrogen-bond acceptors (Lipinski definition) is 5. The summed E-state index contributed by atoms with van der Waals surface area (Å²) in [6.07, 6.45) is 0.839. The highest BCUT2D eigenvalue weighted by Crippen LogP contribution is 2.25. The third kappa shape index (κ3) is 2.55. The van der Waals surface area contributed by atoms with Gasteiger partial charge in [-0.25, -0.2) is 0 Å². The van der Waals surface area contributed by atoms with Gasteiger partial charge in [0.15, 0.2) is 5.82 Å². The van der Waals surface area contributed by atoms with Gasteiger partial charge in [0.05, 0.1) is 12.6 Å². The summed E-state index contributed by atoms with van der Waals surface area (Å²) in [6, 6.07) is 10.2. The first-order chi connectivity index (χ1) is 9.76. The number of furan rings is 1. The highest BCUT2D eigenvalue weighted by molar-refractivity contribution is 5.77. The number of hydrogen-bond donors (Lipinski definition) is 1. The molecule has 1 unspecified atom stereocenters. The van der Waals surface area contributed by atoms with Gasteiger partial charge in [0, 0.05) is 5.39 Å². The van der Waals surface area contributed by atoms with Gasteiger partial charge in [0.1, 0.15) is 11.3 Å². The molecule has 1 N–H and O–H groups in total. The number of aryl methyl sites for hydroxylation is 2. The number of aromatic nitrogens is 4. The first-order valence-electron chi connectivity index (χ1n) is 6.66. The standard InChI is InChI=1S/C14H17N5O/c1-10-16-18-19(17-10)8-7-12(15-2)14-9-11-5-3-4-6-13(11)20-14/h3-6,9,12,15H,7-8H2,1-2H3. The van der Waals surface area contributed by atoms with Crippen LogP contribution < -0.4 is 5.32 Å². The fraction of sp³-hybridized carbons (Fsp3) is 0.357. The molecule has 6 nitrogen and oxygen atoms in total. The summed E-state index contributed by atoms with van der Waals surface area (Å²) >= 11 is 0. The van der Waals surface area contributed by atoms with Crippen LogP contribution in [-0.4, -0.2) is 27.3 Å². The van der Waals surface area contributed by atoms with E-state index in [-0.39, 0.29) is 6.04 Å². The third-order valence-electron chi connectivity index (χ3n) is 3.31. The van der Waals surface area contributed by atoms with Gasteiger partial charge in [-0.2, -0.15) is 4.80 Å². The van der Waals surface area contributed by atoms with Crippen molar-refractivity contribution >= 4 is 11.0 Å². The SMILES string of the molecule is CNC(CCn1nnc(C)n1)c1cc2ccccc2o1. The van der Waals surface area contributed by atoms with Crippen molar-refractivity contribution in [1.29, 1.82) is 0 Å². The van der Waals surface area contributed by atoms with E-state index in [1.807, 2.05) is 32.2 Å². The summed E-state index contributed by atoms with van der Waals surface area (Å²) in [5.41, 5.74) is 0.914. The quantitative estimate of drug-likeness (QED) is 0.769. The van der Waals surface area contributed by atoms with Crippen molar-refractivity contribution in [3.8, 4) is 0 Å². The lowest BCUT2D eigenvalue weighted by molar-refractivity contribution is 0.386. The maximum absolute atomic E-state index is 5.89. The van der Waals surface area contributed by atoms with E-state index in [4.69, 9.17) is 4.42 Å². The summed E-state index contributed by atoms with van der Waals surface area (Å²) in [7, 11) is 1.93. The summed E-state index contributed by atoms with van der Waals surface area (Å²) < 4.78 is 5.89. The molecule has 0 aliphatic carbocycles. The fourth-order valence-corrected chi connectivity index (χ4v) is 2.27. The lowest BCUT2D eigenvalue weighted by Gasteiger charge is -2.12. The molecule has 1 aromatic carbocycles. The van der Waals surface area contributed by atoms with Crippen molar-refractivity contribution in [3.63, 3.8) is 0 Å². The summed E-state index contributed by atoms with van der Waals surface area (Å²) in [6.45, 7) is 2.53. The zero-order valence-electron chi connectivity index (χ0n) is 11.6. The molecule has 0 spiro atoms. The maximum atomic E-state index is 5.89. The Morgan fingerprint density at radius 1 is 1.35 bits per heavy atom. The fourth-order valence-electron chi connectivity index (χ4n) is 2.27. The van der Waals surface area contributed by atoms with Gasteiger partial charge in [-0.05, 0) is 37.7 Å². The molecule has 3 aromatic rings. The Balaban J connectivity index is 1.75. The second-order valence-corrected chi connectivity index (χ2v) is 4.75. The Morgan fingerprint density at radius 3 is 2.90 bits per heavy atom. The first-order valence-corrected chi connectivity index (χ1v) is 6.66. The van der Waals surface area contributed by atoms with Gasteiger partial charge < -0.3 is 9.73 Å². The lowest BCUT2D eigenvalue weighted by Crippen LogP contribution is -2.18. The Kier molecular flexibility index (Phi) is 3.47. The number of nitrogens with zero attached hydrogens (tertiary/aromatic N) is 4. The molecule has 0 aliphatic heterocycles.